The van der Waals surface area contributed by atoms with Crippen LogP contribution in [0.15, 0.2) is 58.3 Å². The van der Waals surface area contributed by atoms with Gasteiger partial charge in [-0.25, -0.2) is 0 Å². The van der Waals surface area contributed by atoms with Gasteiger partial charge in [0, 0.05) is 18.8 Å². The molecule has 0 bridgehead atoms. The summed E-state index contributed by atoms with van der Waals surface area (Å²) in [6.45, 7) is 2.84. The molecule has 0 amide bonds. The maximum Gasteiger partial charge on any atom is 0.294 e. The highest BCUT2D eigenvalue weighted by molar-refractivity contribution is 7.86. The van der Waals surface area contributed by atoms with E-state index in [0.717, 1.165) is 0 Å². The van der Waals surface area contributed by atoms with Crippen molar-refractivity contribution in [3.8, 4) is 0 Å². The Morgan fingerprint density at radius 3 is 1.96 bits per heavy atom. The minimum Gasteiger partial charge on any atom is -0.367 e. The van der Waals surface area contributed by atoms with Crippen molar-refractivity contribution < 1.29 is 25.9 Å². The molecular weight excluding hydrogens is 354 g/mol. The molecule has 2 rings (SSSR count). The van der Waals surface area contributed by atoms with E-state index in [4.69, 9.17) is 9.11 Å². The monoisotopic (exact) mass is 371 g/mol. The molecule has 7 nitrogen and oxygen atoms in total. The molecule has 0 aliphatic rings. The van der Waals surface area contributed by atoms with Crippen LogP contribution in [0, 0.1) is 0 Å². The lowest BCUT2D eigenvalue weighted by molar-refractivity contribution is 0.481. The van der Waals surface area contributed by atoms with Gasteiger partial charge in [-0.2, -0.15) is 16.8 Å². The summed E-state index contributed by atoms with van der Waals surface area (Å²) in [5.74, 6) is 0. The van der Waals surface area contributed by atoms with Crippen molar-refractivity contribution in [2.24, 2.45) is 0 Å². The van der Waals surface area contributed by atoms with E-state index in [1.165, 1.54) is 30.3 Å². The van der Waals surface area contributed by atoms with Crippen LogP contribution < -0.4 is 4.90 Å². The Balaban J connectivity index is 2.27. The Morgan fingerprint density at radius 1 is 0.875 bits per heavy atom. The highest BCUT2D eigenvalue weighted by atomic mass is 32.2. The van der Waals surface area contributed by atoms with E-state index in [9.17, 15) is 16.8 Å². The van der Waals surface area contributed by atoms with Crippen LogP contribution in [0.1, 0.15) is 12.5 Å². The van der Waals surface area contributed by atoms with E-state index in [1.807, 2.05) is 11.8 Å². The average Bonchev–Trinajstić information content (AvgIpc) is 2.51. The Hall–Kier alpha value is -1.94. The van der Waals surface area contributed by atoms with Gasteiger partial charge in [-0.15, -0.1) is 0 Å². The second-order valence-electron chi connectivity index (χ2n) is 5.11. The minimum atomic E-state index is -4.27. The highest BCUT2D eigenvalue weighted by Gasteiger charge is 2.13. The summed E-state index contributed by atoms with van der Waals surface area (Å²) in [6, 6.07) is 11.6. The molecule has 0 radical (unpaired) electrons. The third-order valence-corrected chi connectivity index (χ3v) is 5.17. The van der Waals surface area contributed by atoms with Gasteiger partial charge in [0.05, 0.1) is 9.79 Å². The molecule has 2 aromatic carbocycles. The molecule has 0 atom stereocenters. The smallest absolute Gasteiger partial charge is 0.294 e. The van der Waals surface area contributed by atoms with Gasteiger partial charge in [-0.1, -0.05) is 12.1 Å². The summed E-state index contributed by atoms with van der Waals surface area (Å²) in [6.07, 6.45) is 0. The number of anilines is 1. The van der Waals surface area contributed by atoms with E-state index in [-0.39, 0.29) is 9.79 Å². The lowest BCUT2D eigenvalue weighted by Crippen LogP contribution is -2.22. The van der Waals surface area contributed by atoms with Gasteiger partial charge in [0.25, 0.3) is 20.2 Å². The van der Waals surface area contributed by atoms with Crippen LogP contribution in [0.25, 0.3) is 0 Å². The van der Waals surface area contributed by atoms with Gasteiger partial charge < -0.3 is 4.90 Å². The Morgan fingerprint density at radius 2 is 1.46 bits per heavy atom. The molecule has 0 spiro atoms. The Kier molecular flexibility index (Phi) is 5.29. The second-order valence-corrected chi connectivity index (χ2v) is 7.95. The van der Waals surface area contributed by atoms with Crippen molar-refractivity contribution in [3.63, 3.8) is 0 Å². The minimum absolute atomic E-state index is 0.183. The fraction of sp³-hybridized carbons (Fsp3) is 0.200. The summed E-state index contributed by atoms with van der Waals surface area (Å²) in [4.78, 5) is 1.50. The van der Waals surface area contributed by atoms with Crippen LogP contribution >= 0.6 is 0 Å². The maximum absolute atomic E-state index is 11.2. The topological polar surface area (TPSA) is 112 Å². The summed E-state index contributed by atoms with van der Waals surface area (Å²) in [7, 11) is -8.51. The van der Waals surface area contributed by atoms with Gasteiger partial charge in [0.2, 0.25) is 0 Å². The second kappa shape index (κ2) is 6.89. The van der Waals surface area contributed by atoms with Gasteiger partial charge in [-0.3, -0.25) is 9.11 Å². The molecule has 0 heterocycles. The third-order valence-electron chi connectivity index (χ3n) is 3.45. The summed E-state index contributed by atoms with van der Waals surface area (Å²) >= 11 is 0. The molecule has 2 N–H and O–H groups in total. The van der Waals surface area contributed by atoms with Gasteiger partial charge in [0.15, 0.2) is 0 Å². The van der Waals surface area contributed by atoms with Crippen LogP contribution in [0.5, 0.6) is 0 Å². The van der Waals surface area contributed by atoms with Crippen LogP contribution in [-0.2, 0) is 26.8 Å². The molecular formula is C15H17NO6S2. The maximum atomic E-state index is 11.2. The summed E-state index contributed by atoms with van der Waals surface area (Å²) in [5.41, 5.74) is 1.38. The molecule has 9 heteroatoms. The molecule has 0 saturated heterocycles. The molecule has 24 heavy (non-hydrogen) atoms. The lowest BCUT2D eigenvalue weighted by atomic mass is 10.2. The molecule has 0 fully saturated rings. The Bertz CT molecular complexity index is 921. The normalized spacial score (nSPS) is 12.1. The van der Waals surface area contributed by atoms with Gasteiger partial charge >= 0.3 is 0 Å². The number of hydrogen-bond acceptors (Lipinski definition) is 5. The highest BCUT2D eigenvalue weighted by Crippen LogP contribution is 2.21. The zero-order valence-corrected chi connectivity index (χ0v) is 14.5. The predicted octanol–water partition coefficient (Wildman–Crippen LogP) is 2.21. The van der Waals surface area contributed by atoms with Gasteiger partial charge in [0.1, 0.15) is 0 Å². The van der Waals surface area contributed by atoms with E-state index >= 15 is 0 Å². The van der Waals surface area contributed by atoms with Crippen molar-refractivity contribution in [2.75, 3.05) is 11.4 Å². The van der Waals surface area contributed by atoms with E-state index in [1.54, 1.807) is 18.2 Å². The zero-order valence-electron chi connectivity index (χ0n) is 12.8. The van der Waals surface area contributed by atoms with Crippen LogP contribution in [-0.4, -0.2) is 32.5 Å². The largest absolute Gasteiger partial charge is 0.367 e. The van der Waals surface area contributed by atoms with E-state index < -0.39 is 20.2 Å². The first kappa shape index (κ1) is 18.4. The fourth-order valence-corrected chi connectivity index (χ4v) is 3.27. The van der Waals surface area contributed by atoms with E-state index in [2.05, 4.69) is 0 Å². The van der Waals surface area contributed by atoms with Crippen molar-refractivity contribution in [2.45, 2.75) is 23.3 Å². The lowest BCUT2D eigenvalue weighted by Gasteiger charge is -2.23. The molecule has 130 valence electrons. The predicted molar refractivity (Wildman–Crippen MR) is 89.2 cm³/mol. The molecule has 0 aliphatic carbocycles. The molecule has 0 unspecified atom stereocenters. The SMILES string of the molecule is CCN(Cc1cccc(S(=O)(=O)O)c1)c1ccc(S(=O)(=O)O)cc1. The van der Waals surface area contributed by atoms with Crippen LogP contribution in [0.4, 0.5) is 5.69 Å². The molecule has 0 saturated carbocycles. The van der Waals surface area contributed by atoms with Crippen molar-refractivity contribution in [1.82, 2.24) is 0 Å². The zero-order chi connectivity index (χ0) is 18.0. The summed E-state index contributed by atoms with van der Waals surface area (Å²) in [5, 5.41) is 0. The number of nitrogens with zero attached hydrogens (tertiary/aromatic N) is 1. The van der Waals surface area contributed by atoms with Crippen LogP contribution in [0.2, 0.25) is 0 Å². The fourth-order valence-electron chi connectivity index (χ4n) is 2.24. The number of hydrogen-bond donors (Lipinski definition) is 2. The number of benzene rings is 2. The first-order valence-corrected chi connectivity index (χ1v) is 9.88. The quantitative estimate of drug-likeness (QED) is 0.749. The van der Waals surface area contributed by atoms with Crippen molar-refractivity contribution in [1.29, 1.82) is 0 Å². The van der Waals surface area contributed by atoms with Crippen molar-refractivity contribution >= 4 is 25.9 Å². The van der Waals surface area contributed by atoms with Crippen molar-refractivity contribution in [3.05, 3.63) is 54.1 Å². The molecule has 0 aromatic heterocycles. The first-order chi connectivity index (χ1) is 11.1. The average molecular weight is 371 g/mol. The van der Waals surface area contributed by atoms with Crippen LogP contribution in [0.3, 0.4) is 0 Å². The standard InChI is InChI=1S/C15H17NO6S2/c1-2-16(13-6-8-14(9-7-13)23(17,18)19)11-12-4-3-5-15(10-12)24(20,21)22/h3-10H,2,11H2,1H3,(H,17,18,19)(H,20,21,22). The first-order valence-electron chi connectivity index (χ1n) is 7.00. The Labute approximate surface area is 141 Å². The number of rotatable bonds is 6. The molecule has 0 aliphatic heterocycles. The van der Waals surface area contributed by atoms with E-state index in [0.29, 0.717) is 24.3 Å². The van der Waals surface area contributed by atoms with Gasteiger partial charge in [-0.05, 0) is 48.9 Å². The summed E-state index contributed by atoms with van der Waals surface area (Å²) < 4.78 is 62.6. The third kappa shape index (κ3) is 4.54. The molecule has 2 aromatic rings.